The van der Waals surface area contributed by atoms with Crippen molar-refractivity contribution in [3.63, 3.8) is 0 Å². The second kappa shape index (κ2) is 3.36. The Labute approximate surface area is 84.5 Å². The summed E-state index contributed by atoms with van der Waals surface area (Å²) in [6.07, 6.45) is -3.74. The lowest BCUT2D eigenvalue weighted by Gasteiger charge is -2.25. The van der Waals surface area contributed by atoms with E-state index >= 15 is 0 Å². The molecule has 0 fully saturated rings. The first kappa shape index (κ1) is 10.2. The summed E-state index contributed by atoms with van der Waals surface area (Å²) in [5.41, 5.74) is 6.60. The van der Waals surface area contributed by atoms with E-state index < -0.39 is 12.1 Å². The zero-order chi connectivity index (χ0) is 11.1. The lowest BCUT2D eigenvalue weighted by molar-refractivity contribution is -0.177. The topological polar surface area (TPSA) is 51.8 Å². The summed E-state index contributed by atoms with van der Waals surface area (Å²) in [4.78, 5) is 0. The molecule has 1 unspecified atom stereocenters. The molecule has 0 saturated heterocycles. The number of anilines is 1. The highest BCUT2D eigenvalue weighted by molar-refractivity contribution is 5.34. The molecule has 0 saturated carbocycles. The Balaban J connectivity index is 2.26. The first-order chi connectivity index (χ1) is 6.97. The molecule has 82 valence electrons. The van der Waals surface area contributed by atoms with E-state index in [1.54, 1.807) is 0 Å². The number of fused-ring (bicyclic) bond motifs is 1. The maximum atomic E-state index is 12.5. The number of aromatic nitrogens is 2. The number of aryl methyl sites for hydroxylation is 1. The van der Waals surface area contributed by atoms with Gasteiger partial charge >= 0.3 is 6.18 Å². The van der Waals surface area contributed by atoms with Crippen LogP contribution in [0.25, 0.3) is 0 Å². The van der Waals surface area contributed by atoms with Crippen molar-refractivity contribution in [3.8, 4) is 0 Å². The van der Waals surface area contributed by atoms with Crippen LogP contribution in [0.1, 0.15) is 17.7 Å². The summed E-state index contributed by atoms with van der Waals surface area (Å²) in [6.45, 7) is 0. The first-order valence-corrected chi connectivity index (χ1v) is 4.64. The zero-order valence-electron chi connectivity index (χ0n) is 7.88. The normalized spacial score (nSPS) is 21.1. The number of nitrogens with two attached hydrogens (primary N) is 1. The van der Waals surface area contributed by atoms with E-state index in [0.29, 0.717) is 17.7 Å². The van der Waals surface area contributed by atoms with Crippen LogP contribution in [0.4, 0.5) is 19.0 Å². The molecular formula is C9H10F3N3. The van der Waals surface area contributed by atoms with Gasteiger partial charge < -0.3 is 5.73 Å². The van der Waals surface area contributed by atoms with Crippen molar-refractivity contribution in [2.75, 3.05) is 5.73 Å². The van der Waals surface area contributed by atoms with E-state index in [1.807, 2.05) is 0 Å². The number of nitrogen functional groups attached to an aromatic ring is 1. The monoisotopic (exact) mass is 217 g/mol. The maximum absolute atomic E-state index is 12.5. The van der Waals surface area contributed by atoms with Crippen LogP contribution in [-0.4, -0.2) is 16.4 Å². The SMILES string of the molecule is Nc1cc2c(nn1)CCC(C(F)(F)F)C2. The molecule has 1 aliphatic carbocycles. The van der Waals surface area contributed by atoms with Gasteiger partial charge in [0.05, 0.1) is 11.6 Å². The molecular weight excluding hydrogens is 207 g/mol. The van der Waals surface area contributed by atoms with Crippen LogP contribution < -0.4 is 5.73 Å². The standard InChI is InChI=1S/C9H10F3N3/c10-9(11,12)6-1-2-7-5(3-6)4-8(13)15-14-7/h4,6H,1-3H2,(H2,13,15). The fourth-order valence-electron chi connectivity index (χ4n) is 1.82. The molecule has 0 spiro atoms. The number of alkyl halides is 3. The lowest BCUT2D eigenvalue weighted by Crippen LogP contribution is -2.29. The number of rotatable bonds is 0. The van der Waals surface area contributed by atoms with Crippen LogP contribution in [0.15, 0.2) is 6.07 Å². The van der Waals surface area contributed by atoms with Gasteiger partial charge in [0.2, 0.25) is 0 Å². The average Bonchev–Trinajstić information content (AvgIpc) is 2.15. The summed E-state index contributed by atoms with van der Waals surface area (Å²) >= 11 is 0. The van der Waals surface area contributed by atoms with E-state index in [-0.39, 0.29) is 18.7 Å². The second-order valence-corrected chi connectivity index (χ2v) is 3.72. The highest BCUT2D eigenvalue weighted by Gasteiger charge is 2.41. The highest BCUT2D eigenvalue weighted by atomic mass is 19.4. The summed E-state index contributed by atoms with van der Waals surface area (Å²) in [6, 6.07) is 1.49. The predicted octanol–water partition coefficient (Wildman–Crippen LogP) is 1.73. The molecule has 2 rings (SSSR count). The van der Waals surface area contributed by atoms with Crippen molar-refractivity contribution >= 4 is 5.82 Å². The minimum absolute atomic E-state index is 0.0292. The molecule has 0 bridgehead atoms. The van der Waals surface area contributed by atoms with Crippen LogP contribution >= 0.6 is 0 Å². The van der Waals surface area contributed by atoms with Crippen LogP contribution in [0.3, 0.4) is 0 Å². The molecule has 1 aromatic rings. The van der Waals surface area contributed by atoms with Crippen LogP contribution in [0.5, 0.6) is 0 Å². The third-order valence-corrected chi connectivity index (χ3v) is 2.64. The van der Waals surface area contributed by atoms with E-state index in [1.165, 1.54) is 6.07 Å². The molecule has 3 nitrogen and oxygen atoms in total. The van der Waals surface area contributed by atoms with Gasteiger partial charge in [-0.2, -0.15) is 18.3 Å². The Morgan fingerprint density at radius 1 is 1.33 bits per heavy atom. The van der Waals surface area contributed by atoms with E-state index in [4.69, 9.17) is 5.73 Å². The minimum Gasteiger partial charge on any atom is -0.382 e. The summed E-state index contributed by atoms with van der Waals surface area (Å²) in [5, 5.41) is 7.42. The van der Waals surface area contributed by atoms with Gasteiger partial charge in [0.15, 0.2) is 0 Å². The molecule has 0 amide bonds. The van der Waals surface area contributed by atoms with Gasteiger partial charge in [0.1, 0.15) is 5.82 Å². The molecule has 1 atom stereocenters. The number of halogens is 3. The van der Waals surface area contributed by atoms with Crippen molar-refractivity contribution in [3.05, 3.63) is 17.3 Å². The lowest BCUT2D eigenvalue weighted by atomic mass is 9.86. The summed E-state index contributed by atoms with van der Waals surface area (Å²) < 4.78 is 37.4. The Hall–Kier alpha value is -1.33. The van der Waals surface area contributed by atoms with Crippen molar-refractivity contribution in [1.82, 2.24) is 10.2 Å². The Bertz CT molecular complexity index is 375. The van der Waals surface area contributed by atoms with Crippen molar-refractivity contribution in [2.45, 2.75) is 25.4 Å². The predicted molar refractivity (Wildman–Crippen MR) is 48.0 cm³/mol. The quantitative estimate of drug-likeness (QED) is 0.719. The minimum atomic E-state index is -4.13. The second-order valence-electron chi connectivity index (χ2n) is 3.72. The molecule has 0 aliphatic heterocycles. The molecule has 15 heavy (non-hydrogen) atoms. The van der Waals surface area contributed by atoms with Gasteiger partial charge in [-0.25, -0.2) is 0 Å². The third-order valence-electron chi connectivity index (χ3n) is 2.64. The maximum Gasteiger partial charge on any atom is 0.392 e. The number of hydrogen-bond acceptors (Lipinski definition) is 3. The fraction of sp³-hybridized carbons (Fsp3) is 0.556. The molecule has 0 radical (unpaired) electrons. The van der Waals surface area contributed by atoms with Crippen molar-refractivity contribution < 1.29 is 13.2 Å². The van der Waals surface area contributed by atoms with E-state index in [0.717, 1.165) is 0 Å². The highest BCUT2D eigenvalue weighted by Crippen LogP contribution is 2.36. The molecule has 2 N–H and O–H groups in total. The third kappa shape index (κ3) is 2.03. The van der Waals surface area contributed by atoms with Crippen LogP contribution in [0.2, 0.25) is 0 Å². The Kier molecular flexibility index (Phi) is 2.28. The fourth-order valence-corrected chi connectivity index (χ4v) is 1.82. The molecule has 6 heteroatoms. The smallest absolute Gasteiger partial charge is 0.382 e. The van der Waals surface area contributed by atoms with Gasteiger partial charge in [-0.3, -0.25) is 0 Å². The van der Waals surface area contributed by atoms with Crippen molar-refractivity contribution in [1.29, 1.82) is 0 Å². The molecule has 1 aromatic heterocycles. The summed E-state index contributed by atoms with van der Waals surface area (Å²) in [5.74, 6) is -1.09. The first-order valence-electron chi connectivity index (χ1n) is 4.64. The number of nitrogens with zero attached hydrogens (tertiary/aromatic N) is 2. The van der Waals surface area contributed by atoms with Crippen LogP contribution in [0, 0.1) is 5.92 Å². The van der Waals surface area contributed by atoms with Crippen LogP contribution in [-0.2, 0) is 12.8 Å². The van der Waals surface area contributed by atoms with E-state index in [2.05, 4.69) is 10.2 Å². The molecule has 1 heterocycles. The number of hydrogen-bond donors (Lipinski definition) is 1. The summed E-state index contributed by atoms with van der Waals surface area (Å²) in [7, 11) is 0. The van der Waals surface area contributed by atoms with Gasteiger partial charge in [0, 0.05) is 0 Å². The Morgan fingerprint density at radius 3 is 2.73 bits per heavy atom. The van der Waals surface area contributed by atoms with Crippen molar-refractivity contribution in [2.24, 2.45) is 5.92 Å². The zero-order valence-corrected chi connectivity index (χ0v) is 7.88. The molecule has 1 aliphatic rings. The van der Waals surface area contributed by atoms with Gasteiger partial charge in [-0.05, 0) is 30.9 Å². The molecule has 0 aromatic carbocycles. The van der Waals surface area contributed by atoms with Gasteiger partial charge in [-0.1, -0.05) is 0 Å². The van der Waals surface area contributed by atoms with E-state index in [9.17, 15) is 13.2 Å². The van der Waals surface area contributed by atoms with Gasteiger partial charge in [0.25, 0.3) is 0 Å². The van der Waals surface area contributed by atoms with Gasteiger partial charge in [-0.15, -0.1) is 5.10 Å². The average molecular weight is 217 g/mol. The largest absolute Gasteiger partial charge is 0.392 e. The Morgan fingerprint density at radius 2 is 2.07 bits per heavy atom.